The van der Waals surface area contributed by atoms with Gasteiger partial charge in [-0.1, -0.05) is 0 Å². The molecule has 0 bridgehead atoms. The predicted octanol–water partition coefficient (Wildman–Crippen LogP) is 5.53. The fraction of sp³-hybridized carbons (Fsp3) is 0.294. The van der Waals surface area contributed by atoms with Crippen LogP contribution in [-0.4, -0.2) is 4.57 Å². The van der Waals surface area contributed by atoms with Gasteiger partial charge in [0.1, 0.15) is 5.76 Å². The Labute approximate surface area is 133 Å². The lowest BCUT2D eigenvalue weighted by Gasteiger charge is -2.00. The van der Waals surface area contributed by atoms with Crippen LogP contribution in [0.3, 0.4) is 0 Å². The van der Waals surface area contributed by atoms with Gasteiger partial charge in [0.05, 0.1) is 24.4 Å². The molecule has 0 saturated carbocycles. The van der Waals surface area contributed by atoms with Crippen LogP contribution in [0.5, 0.6) is 0 Å². The molecule has 0 atom stereocenters. The highest BCUT2D eigenvalue weighted by molar-refractivity contribution is 5.13. The molecule has 3 aromatic heterocycles. The molecule has 3 aromatic rings. The molecule has 126 valence electrons. The zero-order valence-electron chi connectivity index (χ0n) is 13.5. The van der Waals surface area contributed by atoms with Crippen molar-refractivity contribution < 1.29 is 22.0 Å². The van der Waals surface area contributed by atoms with Gasteiger partial charge in [0, 0.05) is 19.4 Å². The van der Waals surface area contributed by atoms with Crippen molar-refractivity contribution in [2.45, 2.75) is 26.9 Å². The summed E-state index contributed by atoms with van der Waals surface area (Å²) in [5, 5.41) is 0. The maximum Gasteiger partial charge on any atom is 0.417 e. The first-order valence-electron chi connectivity index (χ1n) is 6.89. The van der Waals surface area contributed by atoms with Gasteiger partial charge in [-0.15, -0.1) is 0 Å². The molecule has 0 aliphatic rings. The molecular formula is C17H20F3NO2. The number of rotatable bonds is 0. The number of aromatic nitrogens is 1. The molecule has 0 aliphatic carbocycles. The second-order valence-corrected chi connectivity index (χ2v) is 5.02. The molecule has 23 heavy (non-hydrogen) atoms. The number of furan rings is 2. The molecule has 3 heterocycles. The molecule has 0 saturated heterocycles. The first-order valence-corrected chi connectivity index (χ1v) is 6.89. The van der Waals surface area contributed by atoms with E-state index in [1.165, 1.54) is 21.9 Å². The number of alkyl halides is 3. The van der Waals surface area contributed by atoms with Gasteiger partial charge in [-0.3, -0.25) is 0 Å². The SMILES string of the molecule is Cc1ccoc1.Cc1ccoc1C.Cn1ccc(C(F)(F)F)c1. The number of halogens is 3. The van der Waals surface area contributed by atoms with Crippen molar-refractivity contribution in [3.05, 3.63) is 71.8 Å². The van der Waals surface area contributed by atoms with Gasteiger partial charge in [0.25, 0.3) is 0 Å². The number of hydrogen-bond donors (Lipinski definition) is 0. The summed E-state index contributed by atoms with van der Waals surface area (Å²) in [5.41, 5.74) is 1.80. The highest BCUT2D eigenvalue weighted by Crippen LogP contribution is 2.28. The third-order valence-electron chi connectivity index (χ3n) is 2.94. The highest BCUT2D eigenvalue weighted by atomic mass is 19.4. The third-order valence-corrected chi connectivity index (χ3v) is 2.94. The topological polar surface area (TPSA) is 31.2 Å². The van der Waals surface area contributed by atoms with Gasteiger partial charge in [-0.25, -0.2) is 0 Å². The second-order valence-electron chi connectivity index (χ2n) is 5.02. The Hall–Kier alpha value is -2.37. The lowest BCUT2D eigenvalue weighted by Crippen LogP contribution is -2.02. The Morgan fingerprint density at radius 1 is 1.00 bits per heavy atom. The molecule has 0 N–H and O–H groups in total. The molecule has 0 aromatic carbocycles. The van der Waals surface area contributed by atoms with E-state index in [-0.39, 0.29) is 0 Å². The van der Waals surface area contributed by atoms with Gasteiger partial charge in [-0.05, 0) is 50.1 Å². The predicted molar refractivity (Wildman–Crippen MR) is 82.0 cm³/mol. The van der Waals surface area contributed by atoms with E-state index >= 15 is 0 Å². The maximum absolute atomic E-state index is 11.8. The van der Waals surface area contributed by atoms with Gasteiger partial charge in [-0.2, -0.15) is 13.2 Å². The Morgan fingerprint density at radius 3 is 1.87 bits per heavy atom. The van der Waals surface area contributed by atoms with Crippen molar-refractivity contribution in [1.29, 1.82) is 0 Å². The summed E-state index contributed by atoms with van der Waals surface area (Å²) in [6.07, 6.45) is 3.27. The van der Waals surface area contributed by atoms with Crippen LogP contribution in [0.4, 0.5) is 13.2 Å². The van der Waals surface area contributed by atoms with E-state index in [9.17, 15) is 13.2 Å². The average Bonchev–Trinajstić information content (AvgIpc) is 3.16. The summed E-state index contributed by atoms with van der Waals surface area (Å²) in [6.45, 7) is 5.97. The van der Waals surface area contributed by atoms with Gasteiger partial charge in [0.15, 0.2) is 0 Å². The van der Waals surface area contributed by atoms with Crippen LogP contribution in [0.2, 0.25) is 0 Å². The zero-order chi connectivity index (χ0) is 17.5. The molecule has 0 aliphatic heterocycles. The largest absolute Gasteiger partial charge is 0.472 e. The molecule has 0 fully saturated rings. The minimum atomic E-state index is -4.21. The van der Waals surface area contributed by atoms with Gasteiger partial charge < -0.3 is 13.4 Å². The number of aryl methyl sites for hydroxylation is 4. The standard InChI is InChI=1S/C6H6F3N.C6H8O.C5H6O/c1-10-3-2-5(4-10)6(7,8)9;1-5-3-4-7-6(5)2;1-5-2-3-6-4-5/h2-4H,1H3;3-4H,1-2H3;2-4H,1H3. The van der Waals surface area contributed by atoms with Crippen LogP contribution < -0.4 is 0 Å². The minimum Gasteiger partial charge on any atom is -0.472 e. The molecule has 0 radical (unpaired) electrons. The monoisotopic (exact) mass is 327 g/mol. The zero-order valence-corrected chi connectivity index (χ0v) is 13.5. The summed E-state index contributed by atoms with van der Waals surface area (Å²) in [5.74, 6) is 1.01. The fourth-order valence-corrected chi connectivity index (χ4v) is 1.45. The van der Waals surface area contributed by atoms with Crippen LogP contribution in [-0.2, 0) is 13.2 Å². The van der Waals surface area contributed by atoms with Crippen molar-refractivity contribution in [2.24, 2.45) is 7.05 Å². The van der Waals surface area contributed by atoms with E-state index < -0.39 is 11.7 Å². The third kappa shape index (κ3) is 6.95. The van der Waals surface area contributed by atoms with Crippen molar-refractivity contribution >= 4 is 0 Å². The van der Waals surface area contributed by atoms with E-state index in [1.54, 1.807) is 25.8 Å². The van der Waals surface area contributed by atoms with Crippen LogP contribution in [0.25, 0.3) is 0 Å². The first kappa shape index (κ1) is 18.7. The van der Waals surface area contributed by atoms with E-state index in [1.807, 2.05) is 32.9 Å². The van der Waals surface area contributed by atoms with Crippen molar-refractivity contribution in [3.63, 3.8) is 0 Å². The number of nitrogens with zero attached hydrogens (tertiary/aromatic N) is 1. The van der Waals surface area contributed by atoms with E-state index in [0.29, 0.717) is 0 Å². The lowest BCUT2D eigenvalue weighted by atomic mass is 10.3. The lowest BCUT2D eigenvalue weighted by molar-refractivity contribution is -0.137. The van der Waals surface area contributed by atoms with Gasteiger partial charge in [0.2, 0.25) is 0 Å². The molecule has 3 nitrogen and oxygen atoms in total. The quantitative estimate of drug-likeness (QED) is 0.544. The van der Waals surface area contributed by atoms with E-state index in [4.69, 9.17) is 8.83 Å². The smallest absolute Gasteiger partial charge is 0.417 e. The molecule has 0 spiro atoms. The first-order chi connectivity index (χ1) is 10.7. The summed E-state index contributed by atoms with van der Waals surface area (Å²) in [4.78, 5) is 0. The molecule has 6 heteroatoms. The van der Waals surface area contributed by atoms with Crippen molar-refractivity contribution in [1.82, 2.24) is 4.57 Å². The van der Waals surface area contributed by atoms with Crippen molar-refractivity contribution in [2.75, 3.05) is 0 Å². The van der Waals surface area contributed by atoms with E-state index in [0.717, 1.165) is 18.0 Å². The van der Waals surface area contributed by atoms with Crippen LogP contribution >= 0.6 is 0 Å². The summed E-state index contributed by atoms with van der Waals surface area (Å²) in [7, 11) is 1.55. The van der Waals surface area contributed by atoms with Crippen molar-refractivity contribution in [3.8, 4) is 0 Å². The number of hydrogen-bond acceptors (Lipinski definition) is 2. The molecule has 0 amide bonds. The minimum absolute atomic E-state index is 0.602. The summed E-state index contributed by atoms with van der Waals surface area (Å²) < 4.78 is 46.4. The van der Waals surface area contributed by atoms with Crippen LogP contribution in [0, 0.1) is 20.8 Å². The molecule has 3 rings (SSSR count). The molecular weight excluding hydrogens is 307 g/mol. The maximum atomic E-state index is 11.8. The summed E-state index contributed by atoms with van der Waals surface area (Å²) >= 11 is 0. The highest BCUT2D eigenvalue weighted by Gasteiger charge is 2.30. The van der Waals surface area contributed by atoms with E-state index in [2.05, 4.69) is 0 Å². The second kappa shape index (κ2) is 8.31. The summed E-state index contributed by atoms with van der Waals surface area (Å²) in [6, 6.07) is 4.91. The average molecular weight is 327 g/mol. The Morgan fingerprint density at radius 2 is 1.70 bits per heavy atom. The Bertz CT molecular complexity index is 662. The molecule has 0 unspecified atom stereocenters. The fourth-order valence-electron chi connectivity index (χ4n) is 1.45. The Kier molecular flexibility index (Phi) is 6.75. The van der Waals surface area contributed by atoms with Gasteiger partial charge >= 0.3 is 6.18 Å². The Balaban J connectivity index is 0.000000179. The van der Waals surface area contributed by atoms with Crippen LogP contribution in [0.1, 0.15) is 22.5 Å². The normalized spacial score (nSPS) is 10.4. The van der Waals surface area contributed by atoms with Crippen LogP contribution in [0.15, 0.2) is 58.2 Å².